The molecule has 0 saturated carbocycles. The van der Waals surface area contributed by atoms with Gasteiger partial charge < -0.3 is 19.3 Å². The topological polar surface area (TPSA) is 111 Å². The van der Waals surface area contributed by atoms with E-state index in [0.29, 0.717) is 24.7 Å². The lowest BCUT2D eigenvalue weighted by atomic mass is 10.3. The fraction of sp³-hybridized carbons (Fsp3) is 0.375. The van der Waals surface area contributed by atoms with Gasteiger partial charge in [0.2, 0.25) is 10.0 Å². The number of hydrogen-bond acceptors (Lipinski definition) is 7. The van der Waals surface area contributed by atoms with Crippen molar-refractivity contribution in [2.45, 2.75) is 11.8 Å². The van der Waals surface area contributed by atoms with Crippen LogP contribution in [-0.4, -0.2) is 57.2 Å². The zero-order valence-electron chi connectivity index (χ0n) is 14.4. The molecule has 2 aromatic rings. The molecule has 2 heterocycles. The van der Waals surface area contributed by atoms with Gasteiger partial charge in [-0.3, -0.25) is 4.79 Å². The number of carbonyl (C=O) groups is 1. The number of methoxy groups -OCH3 is 1. The maximum atomic E-state index is 12.9. The zero-order valence-corrected chi connectivity index (χ0v) is 15.2. The number of morpholine rings is 1. The minimum atomic E-state index is -3.78. The number of aromatic nitrogens is 1. The number of nitrogens with one attached hydrogen (secondary N) is 1. The number of benzene rings is 1. The Kier molecular flexibility index (Phi) is 5.25. The highest BCUT2D eigenvalue weighted by molar-refractivity contribution is 7.89. The third kappa shape index (κ3) is 3.71. The van der Waals surface area contributed by atoms with Crippen molar-refractivity contribution < 1.29 is 27.2 Å². The summed E-state index contributed by atoms with van der Waals surface area (Å²) in [5.74, 6) is 0.203. The standard InChI is InChI=1S/C16H19N3O6S/c1-11-9-13(18-25-11)16(20)17-12-3-4-14(23-2)15(10-12)26(21,22)19-5-7-24-8-6-19/h3-4,9-10H,5-8H2,1-2H3,(H,17,20). The third-order valence-electron chi connectivity index (χ3n) is 3.87. The van der Waals surface area contributed by atoms with Gasteiger partial charge in [-0.1, -0.05) is 5.16 Å². The molecule has 3 rings (SSSR count). The summed E-state index contributed by atoms with van der Waals surface area (Å²) < 4.78 is 42.5. The molecule has 0 radical (unpaired) electrons. The van der Waals surface area contributed by atoms with Crippen molar-refractivity contribution in [3.05, 3.63) is 35.7 Å². The van der Waals surface area contributed by atoms with Crippen molar-refractivity contribution in [2.24, 2.45) is 0 Å². The molecule has 140 valence electrons. The summed E-state index contributed by atoms with van der Waals surface area (Å²) in [6.45, 7) is 2.87. The highest BCUT2D eigenvalue weighted by Crippen LogP contribution is 2.30. The Labute approximate surface area is 150 Å². The van der Waals surface area contributed by atoms with Crippen LogP contribution in [-0.2, 0) is 14.8 Å². The number of rotatable bonds is 5. The van der Waals surface area contributed by atoms with Gasteiger partial charge in [-0.25, -0.2) is 8.42 Å². The molecule has 1 aliphatic rings. The van der Waals surface area contributed by atoms with Gasteiger partial charge in [-0.05, 0) is 25.1 Å². The SMILES string of the molecule is COc1ccc(NC(=O)c2cc(C)on2)cc1S(=O)(=O)N1CCOCC1. The molecule has 0 unspecified atom stereocenters. The predicted octanol–water partition coefficient (Wildman–Crippen LogP) is 1.26. The van der Waals surface area contributed by atoms with Crippen LogP contribution in [0.4, 0.5) is 5.69 Å². The van der Waals surface area contributed by atoms with Crippen molar-refractivity contribution in [1.29, 1.82) is 0 Å². The van der Waals surface area contributed by atoms with Crippen molar-refractivity contribution in [1.82, 2.24) is 9.46 Å². The van der Waals surface area contributed by atoms with E-state index in [1.165, 1.54) is 29.6 Å². The number of sulfonamides is 1. The first-order valence-corrected chi connectivity index (χ1v) is 9.36. The first kappa shape index (κ1) is 18.4. The van der Waals surface area contributed by atoms with Crippen LogP contribution in [0.15, 0.2) is 33.7 Å². The zero-order chi connectivity index (χ0) is 18.7. The summed E-state index contributed by atoms with van der Waals surface area (Å²) in [4.78, 5) is 12.2. The van der Waals surface area contributed by atoms with Crippen LogP contribution in [0.1, 0.15) is 16.2 Å². The van der Waals surface area contributed by atoms with Crippen LogP contribution >= 0.6 is 0 Å². The number of carbonyl (C=O) groups excluding carboxylic acids is 1. The fourth-order valence-corrected chi connectivity index (χ4v) is 4.14. The summed E-state index contributed by atoms with van der Waals surface area (Å²) in [6, 6.07) is 5.91. The number of anilines is 1. The van der Waals surface area contributed by atoms with E-state index in [2.05, 4.69) is 10.5 Å². The van der Waals surface area contributed by atoms with Crippen LogP contribution in [0.25, 0.3) is 0 Å². The Hall–Kier alpha value is -2.43. The van der Waals surface area contributed by atoms with Crippen LogP contribution in [0.3, 0.4) is 0 Å². The molecule has 1 amide bonds. The molecule has 1 N–H and O–H groups in total. The van der Waals surface area contributed by atoms with E-state index in [1.807, 2.05) is 0 Å². The molecular weight excluding hydrogens is 362 g/mol. The van der Waals surface area contributed by atoms with E-state index < -0.39 is 15.9 Å². The molecule has 1 aromatic heterocycles. The molecule has 0 spiro atoms. The molecular formula is C16H19N3O6S. The van der Waals surface area contributed by atoms with E-state index >= 15 is 0 Å². The maximum Gasteiger partial charge on any atom is 0.277 e. The average Bonchev–Trinajstić information content (AvgIpc) is 3.09. The molecule has 1 saturated heterocycles. The van der Waals surface area contributed by atoms with Gasteiger partial charge in [0.05, 0.1) is 20.3 Å². The summed E-state index contributed by atoms with van der Waals surface area (Å²) >= 11 is 0. The van der Waals surface area contributed by atoms with E-state index in [9.17, 15) is 13.2 Å². The Morgan fingerprint density at radius 1 is 1.27 bits per heavy atom. The molecule has 0 bridgehead atoms. The molecule has 10 heteroatoms. The third-order valence-corrected chi connectivity index (χ3v) is 5.79. The van der Waals surface area contributed by atoms with Crippen LogP contribution in [0.2, 0.25) is 0 Å². The molecule has 0 aliphatic carbocycles. The van der Waals surface area contributed by atoms with Crippen LogP contribution in [0.5, 0.6) is 5.75 Å². The van der Waals surface area contributed by atoms with E-state index in [4.69, 9.17) is 14.0 Å². The van der Waals surface area contributed by atoms with E-state index in [-0.39, 0.29) is 29.4 Å². The van der Waals surface area contributed by atoms with Crippen LogP contribution in [0, 0.1) is 6.92 Å². The second-order valence-electron chi connectivity index (χ2n) is 5.66. The number of aryl methyl sites for hydroxylation is 1. The summed E-state index contributed by atoms with van der Waals surface area (Å²) in [7, 11) is -2.39. The van der Waals surface area contributed by atoms with Gasteiger partial charge in [-0.15, -0.1) is 0 Å². The predicted molar refractivity (Wildman–Crippen MR) is 91.8 cm³/mol. The quantitative estimate of drug-likeness (QED) is 0.830. The normalized spacial score (nSPS) is 15.6. The van der Waals surface area contributed by atoms with E-state index in [1.54, 1.807) is 13.0 Å². The number of nitrogens with zero attached hydrogens (tertiary/aromatic N) is 2. The van der Waals surface area contributed by atoms with Gasteiger partial charge >= 0.3 is 0 Å². The Morgan fingerprint density at radius 3 is 2.62 bits per heavy atom. The summed E-state index contributed by atoms with van der Waals surface area (Å²) in [5, 5.41) is 6.25. The van der Waals surface area contributed by atoms with E-state index in [0.717, 1.165) is 0 Å². The van der Waals surface area contributed by atoms with Gasteiger partial charge in [0, 0.05) is 24.8 Å². The monoisotopic (exact) mass is 381 g/mol. The lowest BCUT2D eigenvalue weighted by molar-refractivity contribution is 0.0729. The summed E-state index contributed by atoms with van der Waals surface area (Å²) in [6.07, 6.45) is 0. The lowest BCUT2D eigenvalue weighted by Crippen LogP contribution is -2.40. The van der Waals surface area contributed by atoms with Crippen molar-refractivity contribution in [3.8, 4) is 5.75 Å². The largest absolute Gasteiger partial charge is 0.495 e. The molecule has 0 atom stereocenters. The number of ether oxygens (including phenoxy) is 2. The van der Waals surface area contributed by atoms with Crippen molar-refractivity contribution >= 4 is 21.6 Å². The fourth-order valence-electron chi connectivity index (χ4n) is 2.55. The first-order valence-electron chi connectivity index (χ1n) is 7.92. The smallest absolute Gasteiger partial charge is 0.277 e. The number of amides is 1. The molecule has 1 aliphatic heterocycles. The lowest BCUT2D eigenvalue weighted by Gasteiger charge is -2.26. The van der Waals surface area contributed by atoms with Gasteiger partial charge in [-0.2, -0.15) is 4.31 Å². The minimum absolute atomic E-state index is 0.0176. The molecule has 1 aromatic carbocycles. The van der Waals surface area contributed by atoms with Gasteiger partial charge in [0.15, 0.2) is 5.69 Å². The highest BCUT2D eigenvalue weighted by atomic mass is 32.2. The van der Waals surface area contributed by atoms with Crippen LogP contribution < -0.4 is 10.1 Å². The Bertz CT molecular complexity index is 902. The minimum Gasteiger partial charge on any atom is -0.495 e. The Morgan fingerprint density at radius 2 is 2.00 bits per heavy atom. The maximum absolute atomic E-state index is 12.9. The number of hydrogen-bond donors (Lipinski definition) is 1. The van der Waals surface area contributed by atoms with Crippen molar-refractivity contribution in [2.75, 3.05) is 38.7 Å². The second kappa shape index (κ2) is 7.44. The molecule has 9 nitrogen and oxygen atoms in total. The highest BCUT2D eigenvalue weighted by Gasteiger charge is 2.29. The summed E-state index contributed by atoms with van der Waals surface area (Å²) in [5.41, 5.74) is 0.416. The Balaban J connectivity index is 1.90. The first-order chi connectivity index (χ1) is 12.4. The van der Waals surface area contributed by atoms with Gasteiger partial charge in [0.25, 0.3) is 5.91 Å². The average molecular weight is 381 g/mol. The molecule has 1 fully saturated rings. The van der Waals surface area contributed by atoms with Crippen molar-refractivity contribution in [3.63, 3.8) is 0 Å². The van der Waals surface area contributed by atoms with Gasteiger partial charge in [0.1, 0.15) is 16.4 Å². The molecule has 26 heavy (non-hydrogen) atoms. The second-order valence-corrected chi connectivity index (χ2v) is 7.57.